The fraction of sp³-hybridized carbons (Fsp3) is 1.00. The molecule has 1 unspecified atom stereocenters. The predicted octanol–water partition coefficient (Wildman–Crippen LogP) is -2.32. The summed E-state index contributed by atoms with van der Waals surface area (Å²) in [4.78, 5) is 4.82. The van der Waals surface area contributed by atoms with Crippen LogP contribution in [0, 0.1) is 0 Å². The highest BCUT2D eigenvalue weighted by atomic mass is 16.9. The van der Waals surface area contributed by atoms with Gasteiger partial charge in [-0.2, -0.15) is 4.84 Å². The van der Waals surface area contributed by atoms with Crippen molar-refractivity contribution in [3.05, 3.63) is 0 Å². The fourth-order valence-electron chi connectivity index (χ4n) is 1.08. The van der Waals surface area contributed by atoms with Crippen LogP contribution in [0.5, 0.6) is 0 Å². The van der Waals surface area contributed by atoms with Crippen molar-refractivity contribution < 1.29 is 35.0 Å². The first kappa shape index (κ1) is 13.7. The van der Waals surface area contributed by atoms with Gasteiger partial charge in [-0.3, -0.25) is 15.3 Å². The summed E-state index contributed by atoms with van der Waals surface area (Å²) in [6.45, 7) is 0.345. The lowest BCUT2D eigenvalue weighted by Crippen LogP contribution is -2.65. The van der Waals surface area contributed by atoms with E-state index in [0.29, 0.717) is 6.42 Å². The average molecular weight is 212 g/mol. The maximum atomic E-state index is 9.00. The van der Waals surface area contributed by atoms with E-state index in [2.05, 4.69) is 0 Å². The van der Waals surface area contributed by atoms with Crippen LogP contribution in [-0.2, 0) is 4.84 Å². The van der Waals surface area contributed by atoms with Crippen LogP contribution >= 0.6 is 0 Å². The normalized spacial score (nSPS) is 16.7. The number of quaternary nitrogens is 1. The minimum atomic E-state index is -3.18. The first-order chi connectivity index (χ1) is 6.43. The van der Waals surface area contributed by atoms with Crippen LogP contribution < -0.4 is 0 Å². The van der Waals surface area contributed by atoms with E-state index < -0.39 is 17.5 Å². The molecule has 86 valence electrons. The summed E-state index contributed by atoms with van der Waals surface area (Å²) in [6.07, 6.45) is -2.73. The van der Waals surface area contributed by atoms with Crippen LogP contribution in [-0.4, -0.2) is 62.8 Å². The molecule has 0 aliphatic carbocycles. The van der Waals surface area contributed by atoms with Crippen LogP contribution in [0.25, 0.3) is 0 Å². The smallest absolute Gasteiger partial charge is 0.394 e. The predicted molar refractivity (Wildman–Crippen MR) is 44.9 cm³/mol. The molecule has 1 atom stereocenters. The third-order valence-electron chi connectivity index (χ3n) is 1.79. The highest BCUT2D eigenvalue weighted by Crippen LogP contribution is 2.19. The van der Waals surface area contributed by atoms with Gasteiger partial charge in [-0.05, 0) is 6.42 Å². The SMILES string of the molecule is CCC[N+](CO)(OCCO)C(O)(O)O. The molecule has 7 nitrogen and oxygen atoms in total. The van der Waals surface area contributed by atoms with E-state index in [1.807, 2.05) is 0 Å². The number of hydrogen-bond acceptors (Lipinski definition) is 6. The van der Waals surface area contributed by atoms with Crippen LogP contribution in [0.1, 0.15) is 13.3 Å². The molecule has 0 heterocycles. The van der Waals surface area contributed by atoms with E-state index in [0.717, 1.165) is 0 Å². The van der Waals surface area contributed by atoms with Crippen LogP contribution in [0.15, 0.2) is 0 Å². The molecular formula is C7H18NO6+. The Bertz CT molecular complexity index is 159. The number of rotatable bonds is 7. The van der Waals surface area contributed by atoms with Crippen LogP contribution in [0.3, 0.4) is 0 Å². The standard InChI is InChI=1S/C7H18NO6/c1-2-3-8(6-10,7(11,12)13)14-5-4-9/h9-13H,2-6H2,1H3/q+1. The molecule has 0 spiro atoms. The number of nitrogens with zero attached hydrogens (tertiary/aromatic N) is 1. The first-order valence-corrected chi connectivity index (χ1v) is 4.34. The highest BCUT2D eigenvalue weighted by molar-refractivity contribution is 4.31. The maximum absolute atomic E-state index is 9.00. The lowest BCUT2D eigenvalue weighted by Gasteiger charge is -2.37. The number of hydrogen-bond donors (Lipinski definition) is 5. The lowest BCUT2D eigenvalue weighted by molar-refractivity contribution is -1.20. The van der Waals surface area contributed by atoms with Gasteiger partial charge in [-0.25, -0.2) is 0 Å². The zero-order chi connectivity index (χ0) is 11.2. The zero-order valence-electron chi connectivity index (χ0n) is 8.13. The second-order valence-corrected chi connectivity index (χ2v) is 2.91. The second-order valence-electron chi connectivity index (χ2n) is 2.91. The molecular weight excluding hydrogens is 194 g/mol. The summed E-state index contributed by atoms with van der Waals surface area (Å²) in [5.41, 5.74) is 0. The van der Waals surface area contributed by atoms with Gasteiger partial charge < -0.3 is 10.2 Å². The van der Waals surface area contributed by atoms with Gasteiger partial charge in [0.05, 0.1) is 6.61 Å². The molecule has 7 heteroatoms. The van der Waals surface area contributed by atoms with Crippen molar-refractivity contribution in [3.8, 4) is 0 Å². The van der Waals surface area contributed by atoms with Gasteiger partial charge in [0.2, 0.25) is 6.73 Å². The van der Waals surface area contributed by atoms with Crippen LogP contribution in [0.2, 0.25) is 0 Å². The molecule has 0 saturated carbocycles. The van der Waals surface area contributed by atoms with Crippen molar-refractivity contribution >= 4 is 0 Å². The summed E-state index contributed by atoms with van der Waals surface area (Å²) < 4.78 is -1.15. The topological polar surface area (TPSA) is 110 Å². The van der Waals surface area contributed by atoms with Gasteiger partial charge in [0.25, 0.3) is 0 Å². The lowest BCUT2D eigenvalue weighted by atomic mass is 10.4. The minimum absolute atomic E-state index is 0. The molecule has 0 aliphatic rings. The summed E-state index contributed by atoms with van der Waals surface area (Å²) in [5.74, 6) is 0. The molecule has 0 aliphatic heterocycles. The van der Waals surface area contributed by atoms with Gasteiger partial charge in [0, 0.05) is 0 Å². The van der Waals surface area contributed by atoms with E-state index in [9.17, 15) is 0 Å². The molecule has 5 N–H and O–H groups in total. The minimum Gasteiger partial charge on any atom is -0.394 e. The summed E-state index contributed by atoms with van der Waals surface area (Å²) in [6, 6.07) is 0. The molecule has 0 radical (unpaired) electrons. The van der Waals surface area contributed by atoms with E-state index in [1.54, 1.807) is 6.92 Å². The Morgan fingerprint density at radius 3 is 2.07 bits per heavy atom. The molecule has 0 fully saturated rings. The summed E-state index contributed by atoms with van der Waals surface area (Å²) in [7, 11) is 0. The number of aliphatic hydroxyl groups excluding tert-OH is 2. The first-order valence-electron chi connectivity index (χ1n) is 4.34. The van der Waals surface area contributed by atoms with E-state index in [1.165, 1.54) is 0 Å². The Kier molecular flexibility index (Phi) is 5.45. The molecule has 0 saturated heterocycles. The van der Waals surface area contributed by atoms with Crippen LogP contribution in [0.4, 0.5) is 0 Å². The molecule has 0 aromatic rings. The van der Waals surface area contributed by atoms with E-state index in [-0.39, 0.29) is 19.8 Å². The van der Waals surface area contributed by atoms with Crippen molar-refractivity contribution in [2.24, 2.45) is 0 Å². The molecule has 0 amide bonds. The third kappa shape index (κ3) is 3.14. The van der Waals surface area contributed by atoms with Crippen molar-refractivity contribution in [2.75, 3.05) is 26.5 Å². The number of hydroxylamine groups is 3. The Morgan fingerprint density at radius 1 is 1.21 bits per heavy atom. The van der Waals surface area contributed by atoms with Crippen molar-refractivity contribution in [1.82, 2.24) is 0 Å². The summed E-state index contributed by atoms with van der Waals surface area (Å²) >= 11 is 0. The molecule has 0 rings (SSSR count). The Hall–Kier alpha value is -0.280. The van der Waals surface area contributed by atoms with Gasteiger partial charge in [-0.15, -0.1) is 0 Å². The van der Waals surface area contributed by atoms with Gasteiger partial charge >= 0.3 is 6.10 Å². The second kappa shape index (κ2) is 5.56. The third-order valence-corrected chi connectivity index (χ3v) is 1.79. The average Bonchev–Trinajstić information content (AvgIpc) is 2.10. The maximum Gasteiger partial charge on any atom is 0.475 e. The van der Waals surface area contributed by atoms with Crippen molar-refractivity contribution in [3.63, 3.8) is 0 Å². The monoisotopic (exact) mass is 212 g/mol. The van der Waals surface area contributed by atoms with E-state index in [4.69, 9.17) is 30.4 Å². The van der Waals surface area contributed by atoms with Gasteiger partial charge in [0.15, 0.2) is 0 Å². The van der Waals surface area contributed by atoms with Gasteiger partial charge in [0.1, 0.15) is 13.2 Å². The Morgan fingerprint density at radius 2 is 1.79 bits per heavy atom. The zero-order valence-corrected chi connectivity index (χ0v) is 8.13. The number of aliphatic hydroxyl groups is 5. The van der Waals surface area contributed by atoms with Gasteiger partial charge in [-0.1, -0.05) is 11.6 Å². The van der Waals surface area contributed by atoms with E-state index >= 15 is 0 Å². The quantitative estimate of drug-likeness (QED) is 0.184. The largest absolute Gasteiger partial charge is 0.475 e. The van der Waals surface area contributed by atoms with Crippen molar-refractivity contribution in [2.45, 2.75) is 19.4 Å². The Labute approximate surface area is 81.9 Å². The molecule has 0 bridgehead atoms. The fourth-order valence-corrected chi connectivity index (χ4v) is 1.08. The van der Waals surface area contributed by atoms with Crippen molar-refractivity contribution in [1.29, 1.82) is 0 Å². The highest BCUT2D eigenvalue weighted by Gasteiger charge is 2.50. The molecule has 0 aromatic heterocycles. The summed E-state index contributed by atoms with van der Waals surface area (Å²) in [5, 5.41) is 44.5. The Balaban J connectivity index is 4.60. The molecule has 0 aromatic carbocycles. The molecule has 14 heavy (non-hydrogen) atoms.